The average Bonchev–Trinajstić information content (AvgIpc) is 3.03. The maximum Gasteiger partial charge on any atom is 0.115 e. The normalized spacial score (nSPS) is 15.5. The van der Waals surface area contributed by atoms with Crippen LogP contribution >= 0.6 is 11.3 Å². The van der Waals surface area contributed by atoms with Crippen LogP contribution < -0.4 is 5.32 Å². The number of aliphatic hydroxyl groups excluding tert-OH is 1. The van der Waals surface area contributed by atoms with Gasteiger partial charge in [-0.1, -0.05) is 0 Å². The van der Waals surface area contributed by atoms with Gasteiger partial charge in [0.25, 0.3) is 0 Å². The lowest BCUT2D eigenvalue weighted by Crippen LogP contribution is -2.06. The predicted octanol–water partition coefficient (Wildman–Crippen LogP) is 1.99. The van der Waals surface area contributed by atoms with Crippen LogP contribution in [0.15, 0.2) is 12.4 Å². The molecule has 0 saturated heterocycles. The number of nitrogens with zero attached hydrogens (tertiary/aromatic N) is 3. The van der Waals surface area contributed by atoms with Gasteiger partial charge >= 0.3 is 0 Å². The molecule has 0 bridgehead atoms. The van der Waals surface area contributed by atoms with Crippen molar-refractivity contribution < 1.29 is 5.11 Å². The molecular weight excluding hydrogens is 260 g/mol. The highest BCUT2D eigenvalue weighted by molar-refractivity contribution is 7.11. The Bertz CT molecular complexity index is 541. The maximum absolute atomic E-state index is 8.87. The van der Waals surface area contributed by atoms with Gasteiger partial charge in [-0.3, -0.25) is 4.68 Å². The summed E-state index contributed by atoms with van der Waals surface area (Å²) >= 11 is 1.83. The molecule has 2 N–H and O–H groups in total. The topological polar surface area (TPSA) is 63.0 Å². The van der Waals surface area contributed by atoms with Gasteiger partial charge in [-0.15, -0.1) is 11.3 Å². The second-order valence-electron chi connectivity index (χ2n) is 4.86. The number of nitrogens with one attached hydrogen (secondary N) is 1. The minimum atomic E-state index is 0.107. The number of aromatic nitrogens is 3. The molecule has 1 unspecified atom stereocenters. The van der Waals surface area contributed by atoms with E-state index in [1.807, 2.05) is 17.5 Å². The average molecular weight is 278 g/mol. The van der Waals surface area contributed by atoms with Gasteiger partial charge in [0.15, 0.2) is 0 Å². The molecule has 102 valence electrons. The van der Waals surface area contributed by atoms with Crippen molar-refractivity contribution in [1.29, 1.82) is 0 Å². The Morgan fingerprint density at radius 2 is 2.42 bits per heavy atom. The SMILES string of the molecule is CC(Nc1cnn(CCO)c1)c1nc2c(s1)CCC2. The van der Waals surface area contributed by atoms with Crippen LogP contribution in [0.1, 0.15) is 35.0 Å². The zero-order valence-corrected chi connectivity index (χ0v) is 11.8. The number of hydrogen-bond acceptors (Lipinski definition) is 5. The van der Waals surface area contributed by atoms with E-state index in [0.717, 1.165) is 17.1 Å². The number of thiazole rings is 1. The molecular formula is C13H18N4OS. The number of aliphatic hydroxyl groups is 1. The van der Waals surface area contributed by atoms with E-state index in [-0.39, 0.29) is 12.6 Å². The van der Waals surface area contributed by atoms with Crippen LogP contribution in [-0.2, 0) is 19.4 Å². The minimum absolute atomic E-state index is 0.107. The maximum atomic E-state index is 8.87. The molecule has 0 saturated carbocycles. The van der Waals surface area contributed by atoms with Gasteiger partial charge in [0.05, 0.1) is 36.8 Å². The first-order valence-electron chi connectivity index (χ1n) is 6.64. The first kappa shape index (κ1) is 12.6. The molecule has 0 fully saturated rings. The number of hydrogen-bond donors (Lipinski definition) is 2. The molecule has 0 amide bonds. The summed E-state index contributed by atoms with van der Waals surface area (Å²) in [5.74, 6) is 0. The molecule has 2 heterocycles. The Morgan fingerprint density at radius 3 is 3.21 bits per heavy atom. The smallest absolute Gasteiger partial charge is 0.115 e. The summed E-state index contributed by atoms with van der Waals surface area (Å²) in [6, 6.07) is 0.197. The fourth-order valence-electron chi connectivity index (χ4n) is 2.37. The van der Waals surface area contributed by atoms with Gasteiger partial charge in [0.2, 0.25) is 0 Å². The largest absolute Gasteiger partial charge is 0.394 e. The lowest BCUT2D eigenvalue weighted by Gasteiger charge is -2.10. The van der Waals surface area contributed by atoms with Crippen molar-refractivity contribution in [3.8, 4) is 0 Å². The first-order chi connectivity index (χ1) is 9.26. The molecule has 19 heavy (non-hydrogen) atoms. The van der Waals surface area contributed by atoms with Gasteiger partial charge in [-0.05, 0) is 26.2 Å². The van der Waals surface area contributed by atoms with Crippen LogP contribution in [-0.4, -0.2) is 26.5 Å². The van der Waals surface area contributed by atoms with E-state index >= 15 is 0 Å². The zero-order chi connectivity index (χ0) is 13.2. The van der Waals surface area contributed by atoms with Crippen LogP contribution in [0.25, 0.3) is 0 Å². The lowest BCUT2D eigenvalue weighted by atomic mass is 10.3. The monoisotopic (exact) mass is 278 g/mol. The molecule has 0 aromatic carbocycles. The molecule has 2 aromatic heterocycles. The summed E-state index contributed by atoms with van der Waals surface area (Å²) in [4.78, 5) is 6.18. The second-order valence-corrected chi connectivity index (χ2v) is 5.97. The molecule has 1 atom stereocenters. The second kappa shape index (κ2) is 5.30. The summed E-state index contributed by atoms with van der Waals surface area (Å²) in [7, 11) is 0. The Morgan fingerprint density at radius 1 is 1.53 bits per heavy atom. The lowest BCUT2D eigenvalue weighted by molar-refractivity contribution is 0.269. The van der Waals surface area contributed by atoms with Gasteiger partial charge in [-0.25, -0.2) is 4.98 Å². The Labute approximate surface area is 116 Å². The Hall–Kier alpha value is -1.40. The highest BCUT2D eigenvalue weighted by Gasteiger charge is 2.19. The number of rotatable bonds is 5. The summed E-state index contributed by atoms with van der Waals surface area (Å²) in [5.41, 5.74) is 2.26. The number of anilines is 1. The van der Waals surface area contributed by atoms with Crippen LogP contribution in [0, 0.1) is 0 Å². The van der Waals surface area contributed by atoms with E-state index in [4.69, 9.17) is 10.1 Å². The summed E-state index contributed by atoms with van der Waals surface area (Å²) in [6.45, 7) is 2.76. The number of aryl methyl sites for hydroxylation is 2. The van der Waals surface area contributed by atoms with Crippen molar-refractivity contribution >= 4 is 17.0 Å². The summed E-state index contributed by atoms with van der Waals surface area (Å²) in [6.07, 6.45) is 7.27. The van der Waals surface area contributed by atoms with Crippen LogP contribution in [0.4, 0.5) is 5.69 Å². The van der Waals surface area contributed by atoms with Gasteiger partial charge in [0.1, 0.15) is 5.01 Å². The summed E-state index contributed by atoms with van der Waals surface area (Å²) < 4.78 is 1.73. The molecule has 1 aliphatic rings. The molecule has 5 nitrogen and oxygen atoms in total. The number of fused-ring (bicyclic) bond motifs is 1. The van der Waals surface area contributed by atoms with E-state index in [1.165, 1.54) is 23.4 Å². The fraction of sp³-hybridized carbons (Fsp3) is 0.538. The zero-order valence-electron chi connectivity index (χ0n) is 11.0. The molecule has 1 aliphatic carbocycles. The minimum Gasteiger partial charge on any atom is -0.394 e. The molecule has 6 heteroatoms. The molecule has 2 aromatic rings. The van der Waals surface area contributed by atoms with Crippen LogP contribution in [0.3, 0.4) is 0 Å². The molecule has 0 spiro atoms. The molecule has 0 aliphatic heterocycles. The van der Waals surface area contributed by atoms with E-state index in [0.29, 0.717) is 6.54 Å². The Balaban J connectivity index is 1.67. The van der Waals surface area contributed by atoms with Crippen LogP contribution in [0.5, 0.6) is 0 Å². The van der Waals surface area contributed by atoms with Gasteiger partial charge in [-0.2, -0.15) is 5.10 Å². The van der Waals surface area contributed by atoms with Crippen molar-refractivity contribution in [2.45, 2.75) is 38.8 Å². The van der Waals surface area contributed by atoms with Gasteiger partial charge in [0, 0.05) is 11.1 Å². The highest BCUT2D eigenvalue weighted by Crippen LogP contribution is 2.31. The molecule has 3 rings (SSSR count). The van der Waals surface area contributed by atoms with E-state index in [2.05, 4.69) is 17.3 Å². The molecule has 0 radical (unpaired) electrons. The Kier molecular flexibility index (Phi) is 3.52. The van der Waals surface area contributed by atoms with Crippen molar-refractivity contribution in [1.82, 2.24) is 14.8 Å². The van der Waals surface area contributed by atoms with E-state index in [1.54, 1.807) is 10.9 Å². The van der Waals surface area contributed by atoms with Crippen molar-refractivity contribution in [3.63, 3.8) is 0 Å². The fourth-order valence-corrected chi connectivity index (χ4v) is 3.53. The third kappa shape index (κ3) is 2.64. The third-order valence-corrected chi connectivity index (χ3v) is 4.67. The van der Waals surface area contributed by atoms with Crippen molar-refractivity contribution in [2.24, 2.45) is 0 Å². The van der Waals surface area contributed by atoms with Crippen molar-refractivity contribution in [2.75, 3.05) is 11.9 Å². The quantitative estimate of drug-likeness (QED) is 0.878. The highest BCUT2D eigenvalue weighted by atomic mass is 32.1. The standard InChI is InChI=1S/C13H18N4OS/c1-9(13-16-11-3-2-4-12(11)19-13)15-10-7-14-17(8-10)5-6-18/h7-9,15,18H,2-6H2,1H3. The third-order valence-electron chi connectivity index (χ3n) is 3.33. The predicted molar refractivity (Wildman–Crippen MR) is 75.5 cm³/mol. The van der Waals surface area contributed by atoms with Gasteiger partial charge < -0.3 is 10.4 Å². The summed E-state index contributed by atoms with van der Waals surface area (Å²) in [5, 5.41) is 17.6. The van der Waals surface area contributed by atoms with E-state index in [9.17, 15) is 0 Å². The van der Waals surface area contributed by atoms with Crippen molar-refractivity contribution in [3.05, 3.63) is 28.0 Å². The first-order valence-corrected chi connectivity index (χ1v) is 7.46. The van der Waals surface area contributed by atoms with Crippen LogP contribution in [0.2, 0.25) is 0 Å². The van der Waals surface area contributed by atoms with E-state index < -0.39 is 0 Å².